The van der Waals surface area contributed by atoms with Crippen LogP contribution in [-0.4, -0.2) is 27.5 Å². The molecule has 1 aromatic heterocycles. The standard InChI is InChI=1S/C20H19N3O4/c1-13(21-12-14-6-4-3-5-7-14)17-18(24)22-20(26)23(19(17)25)15-8-10-16(27-2)11-9-15/h3-11,25H,12H2,1-2H3,(H,22,24,26). The zero-order valence-electron chi connectivity index (χ0n) is 15.0. The fourth-order valence-electron chi connectivity index (χ4n) is 2.69. The molecule has 0 atom stereocenters. The van der Waals surface area contributed by atoms with Crippen molar-refractivity contribution in [1.29, 1.82) is 0 Å². The van der Waals surface area contributed by atoms with Crippen LogP contribution in [0.2, 0.25) is 0 Å². The Bertz CT molecular complexity index is 1080. The van der Waals surface area contributed by atoms with Crippen LogP contribution in [0.5, 0.6) is 11.6 Å². The Morgan fingerprint density at radius 3 is 2.41 bits per heavy atom. The van der Waals surface area contributed by atoms with Crippen LogP contribution >= 0.6 is 0 Å². The lowest BCUT2D eigenvalue weighted by Gasteiger charge is -2.12. The third-order valence-corrected chi connectivity index (χ3v) is 4.12. The first-order valence-corrected chi connectivity index (χ1v) is 8.29. The number of benzene rings is 2. The second kappa shape index (κ2) is 7.74. The van der Waals surface area contributed by atoms with Crippen molar-refractivity contribution in [2.75, 3.05) is 7.11 Å². The van der Waals surface area contributed by atoms with E-state index >= 15 is 0 Å². The van der Waals surface area contributed by atoms with Gasteiger partial charge in [-0.15, -0.1) is 0 Å². The maximum absolute atomic E-state index is 12.3. The minimum absolute atomic E-state index is 0.0404. The first kappa shape index (κ1) is 18.2. The highest BCUT2D eigenvalue weighted by molar-refractivity contribution is 6.00. The number of aliphatic imine (C=N–C) groups is 1. The van der Waals surface area contributed by atoms with E-state index in [2.05, 4.69) is 9.98 Å². The molecule has 138 valence electrons. The van der Waals surface area contributed by atoms with Gasteiger partial charge in [0.1, 0.15) is 11.3 Å². The molecule has 7 nitrogen and oxygen atoms in total. The molecule has 1 heterocycles. The topological polar surface area (TPSA) is 96.7 Å². The van der Waals surface area contributed by atoms with Gasteiger partial charge in [-0.3, -0.25) is 14.8 Å². The predicted octanol–water partition coefficient (Wildman–Crippen LogP) is 2.25. The molecule has 0 saturated heterocycles. The molecule has 3 rings (SSSR count). The van der Waals surface area contributed by atoms with Gasteiger partial charge in [0, 0.05) is 0 Å². The number of rotatable bonds is 5. The summed E-state index contributed by atoms with van der Waals surface area (Å²) in [6.07, 6.45) is 0. The first-order valence-electron chi connectivity index (χ1n) is 8.29. The van der Waals surface area contributed by atoms with Gasteiger partial charge >= 0.3 is 5.69 Å². The Morgan fingerprint density at radius 2 is 1.78 bits per heavy atom. The van der Waals surface area contributed by atoms with Gasteiger partial charge in [0.15, 0.2) is 0 Å². The van der Waals surface area contributed by atoms with Gasteiger partial charge < -0.3 is 9.84 Å². The molecule has 3 aromatic rings. The van der Waals surface area contributed by atoms with Gasteiger partial charge in [0.25, 0.3) is 5.56 Å². The van der Waals surface area contributed by atoms with Crippen LogP contribution in [0.15, 0.2) is 69.2 Å². The third-order valence-electron chi connectivity index (χ3n) is 4.12. The molecule has 7 heteroatoms. The van der Waals surface area contributed by atoms with Gasteiger partial charge in [-0.1, -0.05) is 30.3 Å². The molecule has 0 aliphatic heterocycles. The summed E-state index contributed by atoms with van der Waals surface area (Å²) in [5, 5.41) is 10.6. The van der Waals surface area contributed by atoms with E-state index in [-0.39, 0.29) is 5.56 Å². The molecular weight excluding hydrogens is 346 g/mol. The zero-order valence-corrected chi connectivity index (χ0v) is 15.0. The van der Waals surface area contributed by atoms with E-state index in [0.717, 1.165) is 10.1 Å². The molecule has 0 amide bonds. The number of H-pyrrole nitrogens is 1. The average molecular weight is 365 g/mol. The SMILES string of the molecule is COc1ccc(-n2c(O)c(C(C)=NCc3ccccc3)c(=O)[nH]c2=O)cc1. The Kier molecular flexibility index (Phi) is 5.21. The van der Waals surface area contributed by atoms with Gasteiger partial charge in [0.2, 0.25) is 5.88 Å². The molecule has 2 N–H and O–H groups in total. The maximum Gasteiger partial charge on any atom is 0.335 e. The largest absolute Gasteiger partial charge is 0.497 e. The number of hydrogen-bond donors (Lipinski definition) is 2. The Labute approximate surface area is 155 Å². The van der Waals surface area contributed by atoms with Crippen LogP contribution in [-0.2, 0) is 6.54 Å². The predicted molar refractivity (Wildman–Crippen MR) is 103 cm³/mol. The van der Waals surface area contributed by atoms with Crippen LogP contribution in [0.1, 0.15) is 18.1 Å². The quantitative estimate of drug-likeness (QED) is 0.678. The number of hydrogen-bond acceptors (Lipinski definition) is 5. The van der Waals surface area contributed by atoms with Gasteiger partial charge in [0.05, 0.1) is 25.1 Å². The van der Waals surface area contributed by atoms with Crippen molar-refractivity contribution in [3.05, 3.63) is 86.6 Å². The normalized spacial score (nSPS) is 11.4. The lowest BCUT2D eigenvalue weighted by molar-refractivity contribution is 0.414. The summed E-state index contributed by atoms with van der Waals surface area (Å²) in [5.41, 5.74) is 0.239. The molecule has 0 spiro atoms. The second-order valence-electron chi connectivity index (χ2n) is 5.88. The monoisotopic (exact) mass is 365 g/mol. The molecule has 2 aromatic carbocycles. The van der Waals surface area contributed by atoms with E-state index < -0.39 is 17.1 Å². The van der Waals surface area contributed by atoms with Crippen molar-refractivity contribution in [3.63, 3.8) is 0 Å². The van der Waals surface area contributed by atoms with E-state index in [1.165, 1.54) is 7.11 Å². The Morgan fingerprint density at radius 1 is 1.11 bits per heavy atom. The van der Waals surface area contributed by atoms with E-state index in [1.807, 2.05) is 30.3 Å². The van der Waals surface area contributed by atoms with Crippen molar-refractivity contribution in [1.82, 2.24) is 9.55 Å². The third kappa shape index (κ3) is 3.82. The molecule has 27 heavy (non-hydrogen) atoms. The van der Waals surface area contributed by atoms with E-state index in [4.69, 9.17) is 4.74 Å². The number of aromatic nitrogens is 2. The average Bonchev–Trinajstić information content (AvgIpc) is 2.67. The number of methoxy groups -OCH3 is 1. The number of nitrogens with one attached hydrogen (secondary N) is 1. The van der Waals surface area contributed by atoms with Crippen molar-refractivity contribution in [2.45, 2.75) is 13.5 Å². The molecule has 0 saturated carbocycles. The number of aromatic amines is 1. The fraction of sp³-hybridized carbons (Fsp3) is 0.150. The molecule has 0 fully saturated rings. The highest BCUT2D eigenvalue weighted by Gasteiger charge is 2.17. The van der Waals surface area contributed by atoms with E-state index in [9.17, 15) is 14.7 Å². The van der Waals surface area contributed by atoms with Crippen molar-refractivity contribution < 1.29 is 9.84 Å². The highest BCUT2D eigenvalue weighted by atomic mass is 16.5. The summed E-state index contributed by atoms with van der Waals surface area (Å²) < 4.78 is 6.12. The minimum atomic E-state index is -0.734. The highest BCUT2D eigenvalue weighted by Crippen LogP contribution is 2.20. The minimum Gasteiger partial charge on any atom is -0.497 e. The summed E-state index contributed by atoms with van der Waals surface area (Å²) in [6.45, 7) is 1.98. The molecular formula is C20H19N3O4. The van der Waals surface area contributed by atoms with Crippen LogP contribution in [0.25, 0.3) is 5.69 Å². The fourth-order valence-corrected chi connectivity index (χ4v) is 2.69. The molecule has 0 bridgehead atoms. The van der Waals surface area contributed by atoms with Gasteiger partial charge in [-0.2, -0.15) is 0 Å². The lowest BCUT2D eigenvalue weighted by Crippen LogP contribution is -2.32. The molecule has 0 unspecified atom stereocenters. The smallest absolute Gasteiger partial charge is 0.335 e. The van der Waals surface area contributed by atoms with Crippen molar-refractivity contribution in [2.24, 2.45) is 4.99 Å². The van der Waals surface area contributed by atoms with Gasteiger partial charge in [-0.05, 0) is 36.8 Å². The van der Waals surface area contributed by atoms with E-state index in [1.54, 1.807) is 31.2 Å². The molecule has 0 aliphatic rings. The Balaban J connectivity index is 2.05. The first-order chi connectivity index (χ1) is 13.0. The number of nitrogens with zero attached hydrogens (tertiary/aromatic N) is 2. The van der Waals surface area contributed by atoms with E-state index in [0.29, 0.717) is 23.7 Å². The zero-order chi connectivity index (χ0) is 19.4. The summed E-state index contributed by atoms with van der Waals surface area (Å²) in [6, 6.07) is 16.1. The van der Waals surface area contributed by atoms with Gasteiger partial charge in [-0.25, -0.2) is 9.36 Å². The van der Waals surface area contributed by atoms with Crippen molar-refractivity contribution >= 4 is 5.71 Å². The lowest BCUT2D eigenvalue weighted by atomic mass is 10.2. The van der Waals surface area contributed by atoms with Crippen LogP contribution in [0, 0.1) is 0 Å². The number of ether oxygens (including phenoxy) is 1. The maximum atomic E-state index is 12.3. The number of aromatic hydroxyl groups is 1. The van der Waals surface area contributed by atoms with Crippen LogP contribution in [0.3, 0.4) is 0 Å². The summed E-state index contributed by atoms with van der Waals surface area (Å²) in [7, 11) is 1.53. The van der Waals surface area contributed by atoms with Crippen LogP contribution in [0.4, 0.5) is 0 Å². The second-order valence-corrected chi connectivity index (χ2v) is 5.88. The summed E-state index contributed by atoms with van der Waals surface area (Å²) >= 11 is 0. The Hall–Kier alpha value is -3.61. The molecule has 0 aliphatic carbocycles. The molecule has 0 radical (unpaired) electrons. The van der Waals surface area contributed by atoms with Crippen molar-refractivity contribution in [3.8, 4) is 17.3 Å². The summed E-state index contributed by atoms with van der Waals surface area (Å²) in [4.78, 5) is 31.1. The van der Waals surface area contributed by atoms with Crippen LogP contribution < -0.4 is 16.0 Å². The summed E-state index contributed by atoms with van der Waals surface area (Å²) in [5.74, 6) is 0.153.